The number of carbonyl (C=O) groups excluding carboxylic acids is 2. The van der Waals surface area contributed by atoms with Gasteiger partial charge in [0.1, 0.15) is 17.5 Å². The van der Waals surface area contributed by atoms with Gasteiger partial charge in [-0.2, -0.15) is 10.4 Å². The third-order valence-corrected chi connectivity index (χ3v) is 7.78. The second-order valence-corrected chi connectivity index (χ2v) is 10.1. The molecule has 0 saturated heterocycles. The molecule has 1 saturated carbocycles. The predicted octanol–water partition coefficient (Wildman–Crippen LogP) is 4.25. The Balaban J connectivity index is 1.46. The molecule has 2 amide bonds. The standard InChI is InChI=1S/C29H31N5O3/c1-32(2)26(35)18-29(15-4-5-16-29)20-6-8-21(9-7-20)33-17-14-24-25(19-30)31-34(27(24)28(33)36)22-10-12-23(37-3)13-11-22/h6-13H,4-5,14-18H2,1-3H3. The van der Waals surface area contributed by atoms with Crippen molar-refractivity contribution in [3.05, 3.63) is 71.0 Å². The van der Waals surface area contributed by atoms with Gasteiger partial charge in [0.2, 0.25) is 5.91 Å². The largest absolute Gasteiger partial charge is 0.497 e. The molecule has 5 rings (SSSR count). The first-order valence-electron chi connectivity index (χ1n) is 12.7. The molecule has 0 bridgehead atoms. The number of methoxy groups -OCH3 is 1. The van der Waals surface area contributed by atoms with Crippen molar-refractivity contribution in [2.24, 2.45) is 0 Å². The van der Waals surface area contributed by atoms with E-state index in [4.69, 9.17) is 4.74 Å². The Labute approximate surface area is 217 Å². The number of rotatable bonds is 6. The fourth-order valence-corrected chi connectivity index (χ4v) is 5.67. The van der Waals surface area contributed by atoms with E-state index < -0.39 is 0 Å². The lowest BCUT2D eigenvalue weighted by molar-refractivity contribution is -0.130. The summed E-state index contributed by atoms with van der Waals surface area (Å²) in [7, 11) is 5.21. The zero-order valence-corrected chi connectivity index (χ0v) is 21.5. The van der Waals surface area contributed by atoms with Crippen molar-refractivity contribution in [2.45, 2.75) is 43.9 Å². The Hall–Kier alpha value is -4.12. The molecule has 37 heavy (non-hydrogen) atoms. The Kier molecular flexibility index (Phi) is 6.46. The second kappa shape index (κ2) is 9.74. The van der Waals surface area contributed by atoms with E-state index in [9.17, 15) is 14.9 Å². The lowest BCUT2D eigenvalue weighted by atomic mass is 9.75. The number of nitrogens with zero attached hydrogens (tertiary/aromatic N) is 5. The molecule has 2 aromatic carbocycles. The minimum absolute atomic E-state index is 0.143. The van der Waals surface area contributed by atoms with E-state index in [1.807, 2.05) is 24.3 Å². The number of nitriles is 1. The van der Waals surface area contributed by atoms with Crippen molar-refractivity contribution in [3.8, 4) is 17.5 Å². The number of hydrogen-bond donors (Lipinski definition) is 0. The number of anilines is 1. The number of aromatic nitrogens is 2. The number of ether oxygens (including phenoxy) is 1. The lowest BCUT2D eigenvalue weighted by Gasteiger charge is -2.32. The second-order valence-electron chi connectivity index (χ2n) is 10.1. The maximum absolute atomic E-state index is 13.8. The molecule has 2 aliphatic rings. The minimum Gasteiger partial charge on any atom is -0.497 e. The molecule has 1 fully saturated rings. The molecule has 1 aromatic heterocycles. The van der Waals surface area contributed by atoms with Crippen LogP contribution in [0, 0.1) is 11.3 Å². The van der Waals surface area contributed by atoms with Crippen LogP contribution in [-0.2, 0) is 16.6 Å². The molecular weight excluding hydrogens is 466 g/mol. The molecule has 3 aromatic rings. The van der Waals surface area contributed by atoms with Gasteiger partial charge in [-0.25, -0.2) is 4.68 Å². The summed E-state index contributed by atoms with van der Waals surface area (Å²) in [6.07, 6.45) is 5.27. The van der Waals surface area contributed by atoms with Gasteiger partial charge in [-0.1, -0.05) is 25.0 Å². The fraction of sp³-hybridized carbons (Fsp3) is 0.379. The zero-order valence-electron chi connectivity index (χ0n) is 21.5. The molecule has 8 heteroatoms. The first-order valence-corrected chi connectivity index (χ1v) is 12.7. The Morgan fingerprint density at radius 2 is 1.73 bits per heavy atom. The van der Waals surface area contributed by atoms with Gasteiger partial charge in [-0.05, 0) is 61.2 Å². The molecule has 0 atom stereocenters. The monoisotopic (exact) mass is 497 g/mol. The third kappa shape index (κ3) is 4.35. The third-order valence-electron chi connectivity index (χ3n) is 7.78. The van der Waals surface area contributed by atoms with Crippen LogP contribution in [0.5, 0.6) is 5.75 Å². The van der Waals surface area contributed by atoms with E-state index in [-0.39, 0.29) is 22.9 Å². The molecule has 0 radical (unpaired) electrons. The summed E-state index contributed by atoms with van der Waals surface area (Å²) >= 11 is 0. The topological polar surface area (TPSA) is 91.5 Å². The average Bonchev–Trinajstić information content (AvgIpc) is 3.55. The van der Waals surface area contributed by atoms with Gasteiger partial charge in [-0.3, -0.25) is 9.59 Å². The van der Waals surface area contributed by atoms with Gasteiger partial charge in [0, 0.05) is 43.7 Å². The summed E-state index contributed by atoms with van der Waals surface area (Å²) in [6.45, 7) is 0.471. The molecule has 8 nitrogen and oxygen atoms in total. The number of carbonyl (C=O) groups is 2. The summed E-state index contributed by atoms with van der Waals surface area (Å²) in [6, 6.07) is 17.5. The molecule has 2 heterocycles. The van der Waals surface area contributed by atoms with Crippen LogP contribution < -0.4 is 9.64 Å². The van der Waals surface area contributed by atoms with Crippen LogP contribution >= 0.6 is 0 Å². The summed E-state index contributed by atoms with van der Waals surface area (Å²) in [4.78, 5) is 29.8. The summed E-state index contributed by atoms with van der Waals surface area (Å²) in [5, 5.41) is 14.1. The molecule has 1 aliphatic heterocycles. The quantitative estimate of drug-likeness (QED) is 0.508. The van der Waals surface area contributed by atoms with Crippen LogP contribution in [-0.4, -0.2) is 54.2 Å². The van der Waals surface area contributed by atoms with Gasteiger partial charge in [0.25, 0.3) is 5.91 Å². The zero-order chi connectivity index (χ0) is 26.2. The van der Waals surface area contributed by atoms with Gasteiger partial charge in [0.05, 0.1) is 12.8 Å². The molecule has 0 N–H and O–H groups in total. The first-order chi connectivity index (χ1) is 17.9. The van der Waals surface area contributed by atoms with E-state index in [1.165, 1.54) is 0 Å². The highest BCUT2D eigenvalue weighted by Crippen LogP contribution is 2.44. The Morgan fingerprint density at radius 1 is 1.08 bits per heavy atom. The molecule has 0 unspecified atom stereocenters. The highest BCUT2D eigenvalue weighted by Gasteiger charge is 2.38. The maximum atomic E-state index is 13.8. The van der Waals surface area contributed by atoms with Crippen molar-refractivity contribution in [1.29, 1.82) is 5.26 Å². The summed E-state index contributed by atoms with van der Waals surface area (Å²) in [5.74, 6) is 0.660. The number of amides is 2. The van der Waals surface area contributed by atoms with Crippen LogP contribution in [0.25, 0.3) is 5.69 Å². The van der Waals surface area contributed by atoms with Crippen molar-refractivity contribution in [3.63, 3.8) is 0 Å². The van der Waals surface area contributed by atoms with E-state index in [0.29, 0.717) is 42.1 Å². The Morgan fingerprint density at radius 3 is 2.32 bits per heavy atom. The molecule has 190 valence electrons. The number of hydrogen-bond acceptors (Lipinski definition) is 5. The van der Waals surface area contributed by atoms with Crippen LogP contribution in [0.4, 0.5) is 5.69 Å². The molecule has 0 spiro atoms. The lowest BCUT2D eigenvalue weighted by Crippen LogP contribution is -2.39. The molecular formula is C29H31N5O3. The van der Waals surface area contributed by atoms with E-state index in [1.54, 1.807) is 47.8 Å². The number of fused-ring (bicyclic) bond motifs is 1. The van der Waals surface area contributed by atoms with Crippen LogP contribution in [0.1, 0.15) is 59.4 Å². The normalized spacial score (nSPS) is 16.3. The van der Waals surface area contributed by atoms with Gasteiger partial charge in [-0.15, -0.1) is 0 Å². The van der Waals surface area contributed by atoms with Gasteiger partial charge in [0.15, 0.2) is 5.69 Å². The number of benzene rings is 2. The smallest absolute Gasteiger partial charge is 0.277 e. The summed E-state index contributed by atoms with van der Waals surface area (Å²) < 4.78 is 6.81. The van der Waals surface area contributed by atoms with Crippen molar-refractivity contribution >= 4 is 17.5 Å². The van der Waals surface area contributed by atoms with E-state index >= 15 is 0 Å². The fourth-order valence-electron chi connectivity index (χ4n) is 5.67. The summed E-state index contributed by atoms with van der Waals surface area (Å²) in [5.41, 5.74) is 3.88. The van der Waals surface area contributed by atoms with E-state index in [2.05, 4.69) is 23.3 Å². The average molecular weight is 498 g/mol. The molecule has 1 aliphatic carbocycles. The van der Waals surface area contributed by atoms with Gasteiger partial charge >= 0.3 is 0 Å². The van der Waals surface area contributed by atoms with Crippen LogP contribution in [0.3, 0.4) is 0 Å². The minimum atomic E-state index is -0.183. The Bertz CT molecular complexity index is 1360. The van der Waals surface area contributed by atoms with Crippen LogP contribution in [0.2, 0.25) is 0 Å². The highest BCUT2D eigenvalue weighted by molar-refractivity contribution is 6.07. The highest BCUT2D eigenvalue weighted by atomic mass is 16.5. The van der Waals surface area contributed by atoms with Crippen molar-refractivity contribution in [2.75, 3.05) is 32.6 Å². The predicted molar refractivity (Wildman–Crippen MR) is 140 cm³/mol. The van der Waals surface area contributed by atoms with E-state index in [0.717, 1.165) is 36.9 Å². The van der Waals surface area contributed by atoms with Gasteiger partial charge < -0.3 is 14.5 Å². The van der Waals surface area contributed by atoms with Crippen LogP contribution in [0.15, 0.2) is 48.5 Å². The van der Waals surface area contributed by atoms with Crippen molar-refractivity contribution in [1.82, 2.24) is 14.7 Å². The SMILES string of the molecule is COc1ccc(-n2nc(C#N)c3c2C(=O)N(c2ccc(C4(CC(=O)N(C)C)CCCC4)cc2)CC3)cc1. The first kappa shape index (κ1) is 24.6. The van der Waals surface area contributed by atoms with Crippen molar-refractivity contribution < 1.29 is 14.3 Å². The maximum Gasteiger partial charge on any atom is 0.277 e.